The van der Waals surface area contributed by atoms with E-state index in [4.69, 9.17) is 16.7 Å². The van der Waals surface area contributed by atoms with Crippen LogP contribution in [-0.4, -0.2) is 11.7 Å². The van der Waals surface area contributed by atoms with Crippen molar-refractivity contribution >= 4 is 27.5 Å². The largest absolute Gasteiger partial charge is 0.396 e. The van der Waals surface area contributed by atoms with Crippen LogP contribution in [0.1, 0.15) is 18.4 Å². The van der Waals surface area contributed by atoms with Crippen LogP contribution in [0.25, 0.3) is 0 Å². The minimum atomic E-state index is 0.273. The standard InChI is InChI=1S/C10H12BrClO/c11-9-7-8(3-1-2-6-13)4-5-10(9)12/h4-5,7,13H,1-3,6H2. The molecule has 1 aromatic rings. The van der Waals surface area contributed by atoms with Gasteiger partial charge in [0.1, 0.15) is 0 Å². The molecule has 0 aliphatic heterocycles. The number of unbranched alkanes of at least 4 members (excludes halogenated alkanes) is 1. The van der Waals surface area contributed by atoms with Crippen LogP contribution in [-0.2, 0) is 6.42 Å². The summed E-state index contributed by atoms with van der Waals surface area (Å²) in [5.41, 5.74) is 1.25. The predicted octanol–water partition coefficient (Wildman–Crippen LogP) is 3.42. The summed E-state index contributed by atoms with van der Waals surface area (Å²) in [6.07, 6.45) is 2.88. The van der Waals surface area contributed by atoms with E-state index >= 15 is 0 Å². The van der Waals surface area contributed by atoms with Gasteiger partial charge in [-0.25, -0.2) is 0 Å². The zero-order valence-electron chi connectivity index (χ0n) is 7.26. The van der Waals surface area contributed by atoms with E-state index in [1.807, 2.05) is 18.2 Å². The molecule has 1 rings (SSSR count). The highest BCUT2D eigenvalue weighted by molar-refractivity contribution is 9.10. The lowest BCUT2D eigenvalue weighted by atomic mass is 10.1. The predicted molar refractivity (Wildman–Crippen MR) is 59.2 cm³/mol. The zero-order valence-corrected chi connectivity index (χ0v) is 9.61. The summed E-state index contributed by atoms with van der Waals surface area (Å²) < 4.78 is 0.940. The van der Waals surface area contributed by atoms with E-state index in [1.54, 1.807) is 0 Å². The Morgan fingerprint density at radius 2 is 2.08 bits per heavy atom. The lowest BCUT2D eigenvalue weighted by molar-refractivity contribution is 0.284. The molecule has 0 bridgehead atoms. The van der Waals surface area contributed by atoms with E-state index in [1.165, 1.54) is 5.56 Å². The first kappa shape index (κ1) is 11.0. The number of rotatable bonds is 4. The van der Waals surface area contributed by atoms with Crippen LogP contribution in [0.3, 0.4) is 0 Å². The van der Waals surface area contributed by atoms with Gasteiger partial charge in [-0.3, -0.25) is 0 Å². The van der Waals surface area contributed by atoms with Crippen molar-refractivity contribution in [3.05, 3.63) is 33.3 Å². The van der Waals surface area contributed by atoms with Crippen molar-refractivity contribution in [2.75, 3.05) is 6.61 Å². The summed E-state index contributed by atoms with van der Waals surface area (Å²) in [6.45, 7) is 0.273. The summed E-state index contributed by atoms with van der Waals surface area (Å²) in [4.78, 5) is 0. The third-order valence-electron chi connectivity index (χ3n) is 1.86. The lowest BCUT2D eigenvalue weighted by Gasteiger charge is -2.02. The van der Waals surface area contributed by atoms with Gasteiger partial charge in [0.2, 0.25) is 0 Å². The molecule has 13 heavy (non-hydrogen) atoms. The second-order valence-corrected chi connectivity index (χ2v) is 4.19. The van der Waals surface area contributed by atoms with Gasteiger partial charge in [-0.2, -0.15) is 0 Å². The van der Waals surface area contributed by atoms with Gasteiger partial charge in [0.25, 0.3) is 0 Å². The van der Waals surface area contributed by atoms with Gasteiger partial charge >= 0.3 is 0 Å². The van der Waals surface area contributed by atoms with Crippen LogP contribution in [0.15, 0.2) is 22.7 Å². The zero-order chi connectivity index (χ0) is 9.68. The summed E-state index contributed by atoms with van der Waals surface area (Å²) in [5, 5.41) is 9.35. The maximum absolute atomic E-state index is 8.61. The molecule has 1 N–H and O–H groups in total. The number of aliphatic hydroxyl groups is 1. The van der Waals surface area contributed by atoms with Gasteiger partial charge in [0, 0.05) is 11.1 Å². The number of aliphatic hydroxyl groups excluding tert-OH is 1. The highest BCUT2D eigenvalue weighted by atomic mass is 79.9. The summed E-state index contributed by atoms with van der Waals surface area (Å²) in [5.74, 6) is 0. The third-order valence-corrected chi connectivity index (χ3v) is 3.07. The fraction of sp³-hybridized carbons (Fsp3) is 0.400. The second kappa shape index (κ2) is 5.63. The molecule has 0 amide bonds. The maximum atomic E-state index is 8.61. The van der Waals surface area contributed by atoms with Gasteiger partial charge in [-0.1, -0.05) is 17.7 Å². The van der Waals surface area contributed by atoms with E-state index in [0.29, 0.717) is 0 Å². The monoisotopic (exact) mass is 262 g/mol. The fourth-order valence-electron chi connectivity index (χ4n) is 1.14. The van der Waals surface area contributed by atoms with Gasteiger partial charge in [-0.15, -0.1) is 0 Å². The van der Waals surface area contributed by atoms with Crippen molar-refractivity contribution in [3.63, 3.8) is 0 Å². The first-order valence-electron chi connectivity index (χ1n) is 4.29. The van der Waals surface area contributed by atoms with Crippen molar-refractivity contribution in [1.82, 2.24) is 0 Å². The Hall–Kier alpha value is -0.0500. The van der Waals surface area contributed by atoms with Crippen molar-refractivity contribution in [2.24, 2.45) is 0 Å². The normalized spacial score (nSPS) is 10.4. The van der Waals surface area contributed by atoms with Crippen LogP contribution in [0.2, 0.25) is 5.02 Å². The molecule has 0 spiro atoms. The molecule has 0 heterocycles. The Morgan fingerprint density at radius 3 is 2.69 bits per heavy atom. The van der Waals surface area contributed by atoms with Crippen molar-refractivity contribution < 1.29 is 5.11 Å². The SMILES string of the molecule is OCCCCc1ccc(Cl)c(Br)c1. The topological polar surface area (TPSA) is 20.2 Å². The van der Waals surface area contributed by atoms with Crippen molar-refractivity contribution in [1.29, 1.82) is 0 Å². The average molecular weight is 264 g/mol. The van der Waals surface area contributed by atoms with E-state index < -0.39 is 0 Å². The number of benzene rings is 1. The molecule has 0 unspecified atom stereocenters. The Kier molecular flexibility index (Phi) is 4.78. The number of hydrogen-bond donors (Lipinski definition) is 1. The first-order chi connectivity index (χ1) is 6.24. The summed E-state index contributed by atoms with van der Waals surface area (Å²) in [6, 6.07) is 5.93. The van der Waals surface area contributed by atoms with Crippen molar-refractivity contribution in [3.8, 4) is 0 Å². The van der Waals surface area contributed by atoms with Gasteiger partial charge < -0.3 is 5.11 Å². The molecule has 0 saturated carbocycles. The fourth-order valence-corrected chi connectivity index (χ4v) is 1.68. The van der Waals surface area contributed by atoms with Crippen LogP contribution in [0.4, 0.5) is 0 Å². The molecule has 1 nitrogen and oxygen atoms in total. The summed E-state index contributed by atoms with van der Waals surface area (Å²) in [7, 11) is 0. The molecular formula is C10H12BrClO. The third kappa shape index (κ3) is 3.67. The lowest BCUT2D eigenvalue weighted by Crippen LogP contribution is -1.88. The molecule has 1 aromatic carbocycles. The second-order valence-electron chi connectivity index (χ2n) is 2.93. The molecule has 72 valence electrons. The summed E-state index contributed by atoms with van der Waals surface area (Å²) >= 11 is 9.23. The average Bonchev–Trinajstić information content (AvgIpc) is 2.12. The number of hydrogen-bond acceptors (Lipinski definition) is 1. The van der Waals surface area contributed by atoms with E-state index in [0.717, 1.165) is 28.8 Å². The van der Waals surface area contributed by atoms with E-state index in [9.17, 15) is 0 Å². The van der Waals surface area contributed by atoms with Crippen LogP contribution in [0, 0.1) is 0 Å². The van der Waals surface area contributed by atoms with Crippen LogP contribution >= 0.6 is 27.5 Å². The molecule has 0 aromatic heterocycles. The van der Waals surface area contributed by atoms with Gasteiger partial charge in [0.05, 0.1) is 5.02 Å². The Labute approximate surface area is 91.9 Å². The van der Waals surface area contributed by atoms with Gasteiger partial charge in [-0.05, 0) is 52.9 Å². The maximum Gasteiger partial charge on any atom is 0.0548 e. The molecular weight excluding hydrogens is 251 g/mol. The highest BCUT2D eigenvalue weighted by Gasteiger charge is 1.98. The van der Waals surface area contributed by atoms with Crippen LogP contribution in [0.5, 0.6) is 0 Å². The van der Waals surface area contributed by atoms with E-state index in [-0.39, 0.29) is 6.61 Å². The molecule has 0 saturated heterocycles. The first-order valence-corrected chi connectivity index (χ1v) is 5.46. The molecule has 3 heteroatoms. The number of halogens is 2. The minimum absolute atomic E-state index is 0.273. The molecule has 0 atom stereocenters. The Bertz CT molecular complexity index is 276. The molecule has 0 fully saturated rings. The molecule has 0 aliphatic carbocycles. The van der Waals surface area contributed by atoms with Crippen LogP contribution < -0.4 is 0 Å². The molecule has 0 aliphatic rings. The number of aryl methyl sites for hydroxylation is 1. The quantitative estimate of drug-likeness (QED) is 0.825. The smallest absolute Gasteiger partial charge is 0.0548 e. The molecule has 0 radical (unpaired) electrons. The van der Waals surface area contributed by atoms with Crippen molar-refractivity contribution in [2.45, 2.75) is 19.3 Å². The Balaban J connectivity index is 2.53. The highest BCUT2D eigenvalue weighted by Crippen LogP contribution is 2.23. The minimum Gasteiger partial charge on any atom is -0.396 e. The van der Waals surface area contributed by atoms with E-state index in [2.05, 4.69) is 15.9 Å². The van der Waals surface area contributed by atoms with Gasteiger partial charge in [0.15, 0.2) is 0 Å². The Morgan fingerprint density at radius 1 is 1.31 bits per heavy atom.